The zero-order valence-electron chi connectivity index (χ0n) is 18.4. The second-order valence-corrected chi connectivity index (χ2v) is 7.86. The Morgan fingerprint density at radius 1 is 1.15 bits per heavy atom. The van der Waals surface area contributed by atoms with Gasteiger partial charge in [0.1, 0.15) is 11.6 Å². The molecule has 0 bridgehead atoms. The van der Waals surface area contributed by atoms with Gasteiger partial charge in [0.25, 0.3) is 0 Å². The van der Waals surface area contributed by atoms with E-state index in [4.69, 9.17) is 22.2 Å². The lowest BCUT2D eigenvalue weighted by molar-refractivity contribution is 0.413. The van der Waals surface area contributed by atoms with Gasteiger partial charge in [-0.15, -0.1) is 0 Å². The van der Waals surface area contributed by atoms with E-state index in [1.807, 2.05) is 29.8 Å². The fourth-order valence-electron chi connectivity index (χ4n) is 3.41. The lowest BCUT2D eigenvalue weighted by Crippen LogP contribution is -2.29. The number of methoxy groups -OCH3 is 1. The first kappa shape index (κ1) is 23.1. The first-order valence-corrected chi connectivity index (χ1v) is 10.5. The molecule has 0 amide bonds. The predicted molar refractivity (Wildman–Crippen MR) is 128 cm³/mol. The number of rotatable bonds is 6. The Hall–Kier alpha value is -4.11. The van der Waals surface area contributed by atoms with E-state index >= 15 is 0 Å². The van der Waals surface area contributed by atoms with Crippen molar-refractivity contribution in [2.24, 2.45) is 4.99 Å². The molecule has 0 spiro atoms. The van der Waals surface area contributed by atoms with Crippen LogP contribution < -0.4 is 21.4 Å². The molecular weight excluding hydrogens is 462 g/mol. The molecule has 0 aliphatic heterocycles. The molecule has 2 aromatic heterocycles. The highest BCUT2D eigenvalue weighted by atomic mass is 35.5. The van der Waals surface area contributed by atoms with Gasteiger partial charge in [0.15, 0.2) is 17.1 Å². The molecule has 0 radical (unpaired) electrons. The third-order valence-corrected chi connectivity index (χ3v) is 5.17. The summed E-state index contributed by atoms with van der Waals surface area (Å²) in [6.07, 6.45) is 5.04. The number of nitrogens with one attached hydrogen (secondary N) is 1. The fourth-order valence-corrected chi connectivity index (χ4v) is 3.63. The Morgan fingerprint density at radius 3 is 2.62 bits per heavy atom. The van der Waals surface area contributed by atoms with Crippen molar-refractivity contribution in [3.8, 4) is 22.6 Å². The topological polar surface area (TPSA) is 82.4 Å². The molecule has 0 unspecified atom stereocenters. The lowest BCUT2D eigenvalue weighted by atomic mass is 10.1. The predicted octanol–water partition coefficient (Wildman–Crippen LogP) is 4.79. The zero-order chi connectivity index (χ0) is 24.4. The third-order valence-electron chi connectivity index (χ3n) is 4.96. The average molecular weight is 483 g/mol. The molecule has 3 N–H and O–H groups in total. The van der Waals surface area contributed by atoms with E-state index in [2.05, 4.69) is 21.9 Å². The molecule has 0 saturated carbocycles. The van der Waals surface area contributed by atoms with Crippen molar-refractivity contribution in [2.45, 2.75) is 6.92 Å². The van der Waals surface area contributed by atoms with E-state index in [1.54, 1.807) is 25.6 Å². The molecule has 0 aliphatic carbocycles. The van der Waals surface area contributed by atoms with Gasteiger partial charge in [-0.3, -0.25) is 4.68 Å². The van der Waals surface area contributed by atoms with Crippen LogP contribution >= 0.6 is 11.6 Å². The van der Waals surface area contributed by atoms with Gasteiger partial charge in [-0.2, -0.15) is 0 Å². The first-order valence-electron chi connectivity index (χ1n) is 10.1. The number of aromatic nitrogens is 3. The van der Waals surface area contributed by atoms with Crippen molar-refractivity contribution in [2.75, 3.05) is 18.3 Å². The summed E-state index contributed by atoms with van der Waals surface area (Å²) in [6, 6.07) is 10.6. The summed E-state index contributed by atoms with van der Waals surface area (Å²) in [5.74, 6) is 4.98. The molecular formula is C24H21ClF2N6O. The summed E-state index contributed by atoms with van der Waals surface area (Å²) >= 11 is 6.14. The standard InChI is InChI=1S/C24H21ClF2N6O/c1-14-11-32(13-29-14)22-7-5-18(10-23(22)34-3)30-15(2)31-24-19(9-17(25)12-33(24)28)16-4-6-20(26)21(27)8-16/h4-13,30H,2,28H2,1,3H3. The summed E-state index contributed by atoms with van der Waals surface area (Å²) in [6.45, 7) is 5.85. The number of ether oxygens (including phenoxy) is 1. The molecule has 0 atom stereocenters. The molecule has 0 saturated heterocycles. The van der Waals surface area contributed by atoms with Crippen molar-refractivity contribution in [1.82, 2.24) is 14.2 Å². The van der Waals surface area contributed by atoms with Crippen LogP contribution in [0.15, 0.2) is 78.6 Å². The Balaban J connectivity index is 1.69. The van der Waals surface area contributed by atoms with Gasteiger partial charge in [-0.05, 0) is 42.8 Å². The summed E-state index contributed by atoms with van der Waals surface area (Å²) in [7, 11) is 1.57. The van der Waals surface area contributed by atoms with Crippen molar-refractivity contribution < 1.29 is 13.5 Å². The molecule has 4 rings (SSSR count). The smallest absolute Gasteiger partial charge is 0.161 e. The number of nitrogen functional groups attached to an aromatic ring is 1. The molecule has 2 aromatic carbocycles. The van der Waals surface area contributed by atoms with Crippen molar-refractivity contribution in [3.63, 3.8) is 0 Å². The number of halogens is 3. The van der Waals surface area contributed by atoms with Crippen molar-refractivity contribution in [1.29, 1.82) is 0 Å². The van der Waals surface area contributed by atoms with E-state index in [9.17, 15) is 8.78 Å². The summed E-state index contributed by atoms with van der Waals surface area (Å²) in [5.41, 5.74) is 3.36. The number of hydrogen-bond donors (Lipinski definition) is 2. The second kappa shape index (κ2) is 9.40. The number of pyridine rings is 1. The summed E-state index contributed by atoms with van der Waals surface area (Å²) in [5, 5.41) is 3.39. The SMILES string of the molecule is C=C(N=c1c(-c2ccc(F)c(F)c2)cc(Cl)cn1N)Nc1ccc(-n2cnc(C)c2)c(OC)c1. The zero-order valence-corrected chi connectivity index (χ0v) is 19.1. The van der Waals surface area contributed by atoms with Gasteiger partial charge < -0.3 is 20.5 Å². The van der Waals surface area contributed by atoms with Crippen LogP contribution in [0.5, 0.6) is 5.75 Å². The first-order chi connectivity index (χ1) is 16.2. The van der Waals surface area contributed by atoms with E-state index in [0.717, 1.165) is 23.5 Å². The van der Waals surface area contributed by atoms with Crippen molar-refractivity contribution in [3.05, 3.63) is 101 Å². The minimum atomic E-state index is -0.996. The highest BCUT2D eigenvalue weighted by Gasteiger charge is 2.11. The van der Waals surface area contributed by atoms with Crippen LogP contribution in [0.3, 0.4) is 0 Å². The molecule has 10 heteroatoms. The van der Waals surface area contributed by atoms with Crippen LogP contribution in [0, 0.1) is 18.6 Å². The van der Waals surface area contributed by atoms with Crippen molar-refractivity contribution >= 4 is 17.3 Å². The number of benzene rings is 2. The van der Waals surface area contributed by atoms with E-state index in [0.29, 0.717) is 27.6 Å². The normalized spacial score (nSPS) is 11.5. The second-order valence-electron chi connectivity index (χ2n) is 7.42. The maximum Gasteiger partial charge on any atom is 0.161 e. The number of aryl methyl sites for hydroxylation is 1. The highest BCUT2D eigenvalue weighted by Crippen LogP contribution is 2.27. The van der Waals surface area contributed by atoms with Gasteiger partial charge >= 0.3 is 0 Å². The van der Waals surface area contributed by atoms with E-state index in [1.165, 1.54) is 16.9 Å². The Kier molecular flexibility index (Phi) is 6.38. The van der Waals surface area contributed by atoms with Crippen LogP contribution in [-0.2, 0) is 0 Å². The van der Waals surface area contributed by atoms with Gasteiger partial charge in [0, 0.05) is 29.7 Å². The Morgan fingerprint density at radius 2 is 1.94 bits per heavy atom. The number of imidazole rings is 1. The summed E-state index contributed by atoms with van der Waals surface area (Å²) < 4.78 is 35.9. The lowest BCUT2D eigenvalue weighted by Gasteiger charge is -2.13. The maximum absolute atomic E-state index is 13.9. The molecule has 0 aliphatic rings. The molecule has 34 heavy (non-hydrogen) atoms. The maximum atomic E-state index is 13.9. The number of anilines is 1. The number of nitrogens with zero attached hydrogens (tertiary/aromatic N) is 4. The van der Waals surface area contributed by atoms with Gasteiger partial charge in [-0.1, -0.05) is 24.2 Å². The van der Waals surface area contributed by atoms with Crippen LogP contribution in [-0.4, -0.2) is 21.3 Å². The molecule has 4 aromatic rings. The molecule has 174 valence electrons. The molecule has 2 heterocycles. The van der Waals surface area contributed by atoms with Crippen LogP contribution in [0.25, 0.3) is 16.8 Å². The van der Waals surface area contributed by atoms with Gasteiger partial charge in [0.05, 0.1) is 29.8 Å². The van der Waals surface area contributed by atoms with Crippen LogP contribution in [0.2, 0.25) is 5.02 Å². The minimum absolute atomic E-state index is 0.241. The quantitative estimate of drug-likeness (QED) is 0.387. The highest BCUT2D eigenvalue weighted by molar-refractivity contribution is 6.30. The van der Waals surface area contributed by atoms with Crippen LogP contribution in [0.4, 0.5) is 14.5 Å². The van der Waals surface area contributed by atoms with Gasteiger partial charge in [-0.25, -0.2) is 18.8 Å². The molecule has 0 fully saturated rings. The van der Waals surface area contributed by atoms with E-state index < -0.39 is 11.6 Å². The van der Waals surface area contributed by atoms with E-state index in [-0.39, 0.29) is 11.3 Å². The third kappa shape index (κ3) is 4.79. The Bertz CT molecular complexity index is 1460. The molecule has 7 nitrogen and oxygen atoms in total. The fraction of sp³-hybridized carbons (Fsp3) is 0.0833. The largest absolute Gasteiger partial charge is 0.494 e. The number of nitrogens with two attached hydrogens (primary N) is 1. The summed E-state index contributed by atoms with van der Waals surface area (Å²) in [4.78, 5) is 8.70. The van der Waals surface area contributed by atoms with Crippen LogP contribution in [0.1, 0.15) is 5.69 Å². The number of hydrogen-bond acceptors (Lipinski definition) is 5. The Labute approximate surface area is 199 Å². The average Bonchev–Trinajstić information content (AvgIpc) is 3.23. The van der Waals surface area contributed by atoms with Gasteiger partial charge in [0.2, 0.25) is 0 Å². The minimum Gasteiger partial charge on any atom is -0.494 e. The monoisotopic (exact) mass is 482 g/mol.